The molecule has 104 valence electrons. The molecule has 0 saturated heterocycles. The summed E-state index contributed by atoms with van der Waals surface area (Å²) < 4.78 is 26.3. The molecule has 3 heteroatoms. The summed E-state index contributed by atoms with van der Waals surface area (Å²) in [6.07, 6.45) is 2.88. The molecule has 0 radical (unpaired) electrons. The van der Waals surface area contributed by atoms with Crippen LogP contribution in [0.5, 0.6) is 0 Å². The molecular formula is C17H17F2N. The number of fused-ring (bicyclic) bond motifs is 1. The van der Waals surface area contributed by atoms with Gasteiger partial charge in [0.1, 0.15) is 0 Å². The van der Waals surface area contributed by atoms with Crippen molar-refractivity contribution in [2.75, 3.05) is 0 Å². The van der Waals surface area contributed by atoms with E-state index < -0.39 is 11.6 Å². The van der Waals surface area contributed by atoms with Gasteiger partial charge < -0.3 is 5.73 Å². The number of nitrogens with two attached hydrogens (primary N) is 1. The molecule has 0 heterocycles. The van der Waals surface area contributed by atoms with Crippen molar-refractivity contribution >= 4 is 0 Å². The Kier molecular flexibility index (Phi) is 3.53. The molecule has 3 rings (SSSR count). The topological polar surface area (TPSA) is 26.0 Å². The zero-order chi connectivity index (χ0) is 14.1. The first kappa shape index (κ1) is 13.3. The van der Waals surface area contributed by atoms with Crippen molar-refractivity contribution < 1.29 is 8.78 Å². The van der Waals surface area contributed by atoms with Crippen LogP contribution >= 0.6 is 0 Å². The fourth-order valence-corrected chi connectivity index (χ4v) is 3.02. The lowest BCUT2D eigenvalue weighted by atomic mass is 9.78. The van der Waals surface area contributed by atoms with Crippen molar-refractivity contribution in [2.45, 2.75) is 25.3 Å². The minimum absolute atomic E-state index is 0.251. The Morgan fingerprint density at radius 1 is 1.00 bits per heavy atom. The standard InChI is InChI=1S/C17H17F2N/c18-15-8-7-14(10-16(15)19)17(20)13-6-5-11-3-1-2-4-12(11)9-13/h1-4,7-8,10,13,17H,5-6,9,20H2. The third-order valence-corrected chi connectivity index (χ3v) is 4.22. The second-order valence-electron chi connectivity index (χ2n) is 5.47. The normalized spacial score (nSPS) is 19.4. The Labute approximate surface area is 117 Å². The van der Waals surface area contributed by atoms with Gasteiger partial charge >= 0.3 is 0 Å². The third-order valence-electron chi connectivity index (χ3n) is 4.22. The maximum atomic E-state index is 13.3. The quantitative estimate of drug-likeness (QED) is 0.885. The van der Waals surface area contributed by atoms with Gasteiger partial charge in [-0.1, -0.05) is 30.3 Å². The largest absolute Gasteiger partial charge is 0.324 e. The molecule has 0 spiro atoms. The molecule has 2 aromatic rings. The number of hydrogen-bond donors (Lipinski definition) is 1. The molecule has 1 aliphatic rings. The molecule has 1 aliphatic carbocycles. The molecule has 0 aliphatic heterocycles. The minimum atomic E-state index is -0.825. The first-order chi connectivity index (χ1) is 9.65. The second kappa shape index (κ2) is 5.33. The van der Waals surface area contributed by atoms with Crippen molar-refractivity contribution in [3.05, 3.63) is 70.8 Å². The Bertz CT molecular complexity index is 624. The van der Waals surface area contributed by atoms with Crippen LogP contribution < -0.4 is 5.73 Å². The van der Waals surface area contributed by atoms with Crippen LogP contribution in [-0.4, -0.2) is 0 Å². The first-order valence-electron chi connectivity index (χ1n) is 6.92. The van der Waals surface area contributed by atoms with Crippen molar-refractivity contribution in [2.24, 2.45) is 11.7 Å². The van der Waals surface area contributed by atoms with E-state index in [9.17, 15) is 8.78 Å². The molecular weight excluding hydrogens is 256 g/mol. The van der Waals surface area contributed by atoms with Gasteiger partial charge in [-0.25, -0.2) is 8.78 Å². The number of benzene rings is 2. The lowest BCUT2D eigenvalue weighted by molar-refractivity contribution is 0.380. The maximum Gasteiger partial charge on any atom is 0.159 e. The summed E-state index contributed by atoms with van der Waals surface area (Å²) in [6.45, 7) is 0. The van der Waals surface area contributed by atoms with E-state index in [-0.39, 0.29) is 12.0 Å². The highest BCUT2D eigenvalue weighted by molar-refractivity contribution is 5.31. The van der Waals surface area contributed by atoms with Crippen LogP contribution in [0.15, 0.2) is 42.5 Å². The first-order valence-corrected chi connectivity index (χ1v) is 6.92. The Balaban J connectivity index is 1.82. The van der Waals surface area contributed by atoms with E-state index in [4.69, 9.17) is 5.73 Å². The van der Waals surface area contributed by atoms with Crippen LogP contribution in [0.4, 0.5) is 8.78 Å². The van der Waals surface area contributed by atoms with Gasteiger partial charge in [-0.2, -0.15) is 0 Å². The van der Waals surface area contributed by atoms with Crippen LogP contribution in [0, 0.1) is 17.6 Å². The molecule has 0 amide bonds. The molecule has 0 aromatic heterocycles. The highest BCUT2D eigenvalue weighted by Gasteiger charge is 2.25. The van der Waals surface area contributed by atoms with Crippen molar-refractivity contribution in [3.63, 3.8) is 0 Å². The van der Waals surface area contributed by atoms with Crippen molar-refractivity contribution in [1.82, 2.24) is 0 Å². The molecule has 2 N–H and O–H groups in total. The minimum Gasteiger partial charge on any atom is -0.324 e. The van der Waals surface area contributed by atoms with E-state index in [1.54, 1.807) is 6.07 Å². The number of aryl methyl sites for hydroxylation is 1. The number of rotatable bonds is 2. The average Bonchev–Trinajstić information content (AvgIpc) is 2.49. The summed E-state index contributed by atoms with van der Waals surface area (Å²) in [5, 5.41) is 0. The molecule has 0 fully saturated rings. The summed E-state index contributed by atoms with van der Waals surface area (Å²) in [5.74, 6) is -1.38. The Morgan fingerprint density at radius 2 is 1.75 bits per heavy atom. The van der Waals surface area contributed by atoms with Gasteiger partial charge in [0.05, 0.1) is 0 Å². The van der Waals surface area contributed by atoms with E-state index in [1.165, 1.54) is 17.2 Å². The summed E-state index contributed by atoms with van der Waals surface area (Å²) in [5.41, 5.74) is 9.63. The third kappa shape index (κ3) is 2.46. The van der Waals surface area contributed by atoms with Crippen LogP contribution in [0.1, 0.15) is 29.2 Å². The van der Waals surface area contributed by atoms with E-state index in [0.717, 1.165) is 25.3 Å². The van der Waals surface area contributed by atoms with Crippen LogP contribution in [-0.2, 0) is 12.8 Å². The zero-order valence-corrected chi connectivity index (χ0v) is 11.2. The van der Waals surface area contributed by atoms with Crippen LogP contribution in [0.25, 0.3) is 0 Å². The van der Waals surface area contributed by atoms with E-state index in [1.807, 2.05) is 6.07 Å². The van der Waals surface area contributed by atoms with E-state index in [2.05, 4.69) is 18.2 Å². The maximum absolute atomic E-state index is 13.3. The monoisotopic (exact) mass is 273 g/mol. The average molecular weight is 273 g/mol. The summed E-state index contributed by atoms with van der Waals surface area (Å²) in [4.78, 5) is 0. The van der Waals surface area contributed by atoms with Gasteiger partial charge in [0.25, 0.3) is 0 Å². The Hall–Kier alpha value is -1.74. The summed E-state index contributed by atoms with van der Waals surface area (Å²) >= 11 is 0. The van der Waals surface area contributed by atoms with Crippen LogP contribution in [0.3, 0.4) is 0 Å². The van der Waals surface area contributed by atoms with Gasteiger partial charge in [0.15, 0.2) is 11.6 Å². The van der Waals surface area contributed by atoms with Gasteiger partial charge in [-0.05, 0) is 54.0 Å². The van der Waals surface area contributed by atoms with Crippen molar-refractivity contribution in [1.29, 1.82) is 0 Å². The number of hydrogen-bond acceptors (Lipinski definition) is 1. The predicted octanol–water partition coefficient (Wildman–Crippen LogP) is 3.77. The molecule has 2 aromatic carbocycles. The van der Waals surface area contributed by atoms with Gasteiger partial charge in [-0.15, -0.1) is 0 Å². The lowest BCUT2D eigenvalue weighted by Crippen LogP contribution is -2.27. The molecule has 20 heavy (non-hydrogen) atoms. The van der Waals surface area contributed by atoms with Crippen molar-refractivity contribution in [3.8, 4) is 0 Å². The van der Waals surface area contributed by atoms with E-state index >= 15 is 0 Å². The fraction of sp³-hybridized carbons (Fsp3) is 0.294. The highest BCUT2D eigenvalue weighted by atomic mass is 19.2. The van der Waals surface area contributed by atoms with Gasteiger partial charge in [0.2, 0.25) is 0 Å². The smallest absolute Gasteiger partial charge is 0.159 e. The lowest BCUT2D eigenvalue weighted by Gasteiger charge is -2.29. The molecule has 0 bridgehead atoms. The van der Waals surface area contributed by atoms with Gasteiger partial charge in [0, 0.05) is 6.04 Å². The second-order valence-corrected chi connectivity index (χ2v) is 5.47. The summed E-state index contributed by atoms with van der Waals surface area (Å²) in [7, 11) is 0. The molecule has 1 nitrogen and oxygen atoms in total. The number of halogens is 2. The SMILES string of the molecule is NC(c1ccc(F)c(F)c1)C1CCc2ccccc2C1. The van der Waals surface area contributed by atoms with Crippen LogP contribution in [0.2, 0.25) is 0 Å². The predicted molar refractivity (Wildman–Crippen MR) is 75.2 cm³/mol. The van der Waals surface area contributed by atoms with E-state index in [0.29, 0.717) is 5.56 Å². The zero-order valence-electron chi connectivity index (χ0n) is 11.2. The molecule has 2 unspecified atom stereocenters. The summed E-state index contributed by atoms with van der Waals surface area (Å²) in [6, 6.07) is 12.1. The Morgan fingerprint density at radius 3 is 2.50 bits per heavy atom. The van der Waals surface area contributed by atoms with Gasteiger partial charge in [-0.3, -0.25) is 0 Å². The fourth-order valence-electron chi connectivity index (χ4n) is 3.02. The molecule has 2 atom stereocenters. The molecule has 0 saturated carbocycles. The highest BCUT2D eigenvalue weighted by Crippen LogP contribution is 2.33.